The molecule has 0 aliphatic heterocycles. The molecular formula is C12H23N3. The zero-order chi connectivity index (χ0) is 11.5. The highest BCUT2D eigenvalue weighted by Crippen LogP contribution is 2.32. The molecule has 2 atom stereocenters. The predicted octanol–water partition coefficient (Wildman–Crippen LogP) is 1.75. The molecule has 3 heteroatoms. The molecule has 0 spiro atoms. The van der Waals surface area contributed by atoms with E-state index in [-0.39, 0.29) is 5.54 Å². The molecule has 0 saturated heterocycles. The molecule has 15 heavy (non-hydrogen) atoms. The summed E-state index contributed by atoms with van der Waals surface area (Å²) in [5.41, 5.74) is -0.276. The molecule has 1 aliphatic carbocycles. The molecule has 0 aromatic carbocycles. The van der Waals surface area contributed by atoms with Gasteiger partial charge in [-0.1, -0.05) is 6.92 Å². The van der Waals surface area contributed by atoms with E-state index in [1.54, 1.807) is 0 Å². The van der Waals surface area contributed by atoms with Gasteiger partial charge in [-0.2, -0.15) is 5.26 Å². The Bertz CT molecular complexity index is 244. The van der Waals surface area contributed by atoms with Crippen LogP contribution in [0.15, 0.2) is 0 Å². The molecule has 0 radical (unpaired) electrons. The first-order chi connectivity index (χ1) is 7.03. The third-order valence-electron chi connectivity index (χ3n) is 3.39. The van der Waals surface area contributed by atoms with Gasteiger partial charge in [0.25, 0.3) is 0 Å². The van der Waals surface area contributed by atoms with Crippen LogP contribution in [-0.4, -0.2) is 36.1 Å². The van der Waals surface area contributed by atoms with Crippen molar-refractivity contribution in [2.75, 3.05) is 13.6 Å². The summed E-state index contributed by atoms with van der Waals surface area (Å²) >= 11 is 0. The Balaban J connectivity index is 2.62. The van der Waals surface area contributed by atoms with Crippen LogP contribution in [0.2, 0.25) is 0 Å². The topological polar surface area (TPSA) is 39.1 Å². The van der Waals surface area contributed by atoms with Crippen molar-refractivity contribution in [3.05, 3.63) is 0 Å². The number of nitrogens with zero attached hydrogens (tertiary/aromatic N) is 2. The van der Waals surface area contributed by atoms with Crippen molar-refractivity contribution in [3.8, 4) is 6.07 Å². The Morgan fingerprint density at radius 3 is 2.73 bits per heavy atom. The van der Waals surface area contributed by atoms with Gasteiger partial charge in [0.2, 0.25) is 0 Å². The molecule has 0 aromatic rings. The van der Waals surface area contributed by atoms with E-state index >= 15 is 0 Å². The fourth-order valence-electron chi connectivity index (χ4n) is 2.47. The summed E-state index contributed by atoms with van der Waals surface area (Å²) in [6, 6.07) is 3.43. The Labute approximate surface area is 93.5 Å². The number of hydrogen-bond acceptors (Lipinski definition) is 3. The van der Waals surface area contributed by atoms with Crippen molar-refractivity contribution in [2.45, 2.75) is 57.7 Å². The van der Waals surface area contributed by atoms with Crippen LogP contribution in [0, 0.1) is 11.3 Å². The molecule has 0 amide bonds. The molecule has 0 heterocycles. The van der Waals surface area contributed by atoms with Gasteiger partial charge in [0.1, 0.15) is 5.54 Å². The van der Waals surface area contributed by atoms with E-state index in [9.17, 15) is 5.26 Å². The number of hydrogen-bond donors (Lipinski definition) is 1. The van der Waals surface area contributed by atoms with E-state index in [1.165, 1.54) is 0 Å². The van der Waals surface area contributed by atoms with Crippen LogP contribution in [-0.2, 0) is 0 Å². The predicted molar refractivity (Wildman–Crippen MR) is 62.6 cm³/mol. The van der Waals surface area contributed by atoms with Gasteiger partial charge in [-0.25, -0.2) is 0 Å². The summed E-state index contributed by atoms with van der Waals surface area (Å²) in [5.74, 6) is 0. The lowest BCUT2D eigenvalue weighted by molar-refractivity contribution is 0.245. The van der Waals surface area contributed by atoms with Crippen molar-refractivity contribution >= 4 is 0 Å². The summed E-state index contributed by atoms with van der Waals surface area (Å²) in [7, 11) is 2.15. The van der Waals surface area contributed by atoms with Gasteiger partial charge in [0, 0.05) is 12.1 Å². The molecule has 1 rings (SSSR count). The van der Waals surface area contributed by atoms with Crippen molar-refractivity contribution in [2.24, 2.45) is 0 Å². The van der Waals surface area contributed by atoms with Crippen molar-refractivity contribution in [1.82, 2.24) is 10.2 Å². The first-order valence-corrected chi connectivity index (χ1v) is 5.92. The second-order valence-corrected chi connectivity index (χ2v) is 4.96. The molecule has 0 aromatic heterocycles. The van der Waals surface area contributed by atoms with E-state index in [4.69, 9.17) is 0 Å². The summed E-state index contributed by atoms with van der Waals surface area (Å²) in [6.45, 7) is 7.45. The fourth-order valence-corrected chi connectivity index (χ4v) is 2.47. The lowest BCUT2D eigenvalue weighted by atomic mass is 9.98. The van der Waals surface area contributed by atoms with E-state index in [2.05, 4.69) is 44.1 Å². The average molecular weight is 209 g/mol. The summed E-state index contributed by atoms with van der Waals surface area (Å²) < 4.78 is 0. The lowest BCUT2D eigenvalue weighted by Gasteiger charge is -2.27. The monoisotopic (exact) mass is 209 g/mol. The average Bonchev–Trinajstić information content (AvgIpc) is 2.61. The highest BCUT2D eigenvalue weighted by Gasteiger charge is 2.40. The van der Waals surface area contributed by atoms with Gasteiger partial charge < -0.3 is 4.90 Å². The Morgan fingerprint density at radius 2 is 2.27 bits per heavy atom. The number of rotatable bonds is 4. The van der Waals surface area contributed by atoms with Gasteiger partial charge in [0.15, 0.2) is 0 Å². The van der Waals surface area contributed by atoms with E-state index < -0.39 is 0 Å². The maximum atomic E-state index is 9.31. The minimum Gasteiger partial charge on any atom is -0.304 e. The molecule has 1 saturated carbocycles. The third-order valence-corrected chi connectivity index (χ3v) is 3.39. The molecule has 1 N–H and O–H groups in total. The van der Waals surface area contributed by atoms with E-state index in [0.717, 1.165) is 25.8 Å². The third kappa shape index (κ3) is 2.93. The van der Waals surface area contributed by atoms with Gasteiger partial charge in [-0.05, 0) is 46.7 Å². The first-order valence-electron chi connectivity index (χ1n) is 5.92. The summed E-state index contributed by atoms with van der Waals surface area (Å²) in [4.78, 5) is 2.35. The number of nitriles is 1. The zero-order valence-corrected chi connectivity index (χ0v) is 10.4. The molecule has 1 aliphatic rings. The van der Waals surface area contributed by atoms with Crippen molar-refractivity contribution in [3.63, 3.8) is 0 Å². The second-order valence-electron chi connectivity index (χ2n) is 4.96. The molecule has 1 fully saturated rings. The van der Waals surface area contributed by atoms with E-state index in [0.29, 0.717) is 12.1 Å². The maximum Gasteiger partial charge on any atom is 0.108 e. The summed E-state index contributed by atoms with van der Waals surface area (Å²) in [6.07, 6.45) is 3.08. The van der Waals surface area contributed by atoms with E-state index in [1.807, 2.05) is 0 Å². The van der Waals surface area contributed by atoms with Crippen LogP contribution in [0.5, 0.6) is 0 Å². The van der Waals surface area contributed by atoms with Crippen LogP contribution in [0.3, 0.4) is 0 Å². The van der Waals surface area contributed by atoms with Crippen LogP contribution in [0.1, 0.15) is 40.0 Å². The van der Waals surface area contributed by atoms with Crippen LogP contribution in [0.25, 0.3) is 0 Å². The molecular weight excluding hydrogens is 186 g/mol. The molecule has 86 valence electrons. The zero-order valence-electron chi connectivity index (χ0n) is 10.4. The SMILES string of the molecule is CCN(C)C1CCC(C#N)(NC(C)C)C1. The Hall–Kier alpha value is -0.590. The highest BCUT2D eigenvalue weighted by molar-refractivity contribution is 5.13. The fraction of sp³-hybridized carbons (Fsp3) is 0.917. The maximum absolute atomic E-state index is 9.31. The van der Waals surface area contributed by atoms with Gasteiger partial charge in [0.05, 0.1) is 6.07 Å². The lowest BCUT2D eigenvalue weighted by Crippen LogP contribution is -2.46. The smallest absolute Gasteiger partial charge is 0.108 e. The quantitative estimate of drug-likeness (QED) is 0.766. The Morgan fingerprint density at radius 1 is 1.60 bits per heavy atom. The standard InChI is InChI=1S/C12H23N3/c1-5-15(4)11-6-7-12(8-11,9-13)14-10(2)3/h10-11,14H,5-8H2,1-4H3. The molecule has 2 unspecified atom stereocenters. The molecule has 0 bridgehead atoms. The van der Waals surface area contributed by atoms with Crippen LogP contribution in [0.4, 0.5) is 0 Å². The first kappa shape index (κ1) is 12.5. The minimum atomic E-state index is -0.276. The largest absolute Gasteiger partial charge is 0.304 e. The van der Waals surface area contributed by atoms with Gasteiger partial charge >= 0.3 is 0 Å². The van der Waals surface area contributed by atoms with Crippen LogP contribution >= 0.6 is 0 Å². The minimum absolute atomic E-state index is 0.276. The summed E-state index contributed by atoms with van der Waals surface area (Å²) in [5, 5.41) is 12.7. The number of nitrogens with one attached hydrogen (secondary N) is 1. The van der Waals surface area contributed by atoms with Crippen LogP contribution < -0.4 is 5.32 Å². The van der Waals surface area contributed by atoms with Crippen molar-refractivity contribution < 1.29 is 0 Å². The van der Waals surface area contributed by atoms with Crippen molar-refractivity contribution in [1.29, 1.82) is 5.26 Å². The normalized spacial score (nSPS) is 31.1. The van der Waals surface area contributed by atoms with Gasteiger partial charge in [-0.3, -0.25) is 5.32 Å². The highest BCUT2D eigenvalue weighted by atomic mass is 15.1. The Kier molecular flexibility index (Phi) is 4.12. The van der Waals surface area contributed by atoms with Gasteiger partial charge in [-0.15, -0.1) is 0 Å². The second kappa shape index (κ2) is 4.96. The molecule has 3 nitrogen and oxygen atoms in total.